The van der Waals surface area contributed by atoms with E-state index in [-0.39, 0.29) is 11.9 Å². The van der Waals surface area contributed by atoms with Gasteiger partial charge in [0.25, 0.3) is 0 Å². The number of rotatable bonds is 2. The lowest BCUT2D eigenvalue weighted by molar-refractivity contribution is 0.241. The fourth-order valence-electron chi connectivity index (χ4n) is 0.962. The van der Waals surface area contributed by atoms with Gasteiger partial charge in [-0.1, -0.05) is 0 Å². The maximum atomic E-state index is 9.10. The van der Waals surface area contributed by atoms with Crippen LogP contribution in [0.2, 0.25) is 0 Å². The molecule has 0 fully saturated rings. The Balaban J connectivity index is 3.01. The molecule has 0 bridgehead atoms. The van der Waals surface area contributed by atoms with Crippen molar-refractivity contribution < 1.29 is 9.84 Å². The van der Waals surface area contributed by atoms with E-state index in [1.54, 1.807) is 6.07 Å². The lowest BCUT2D eigenvalue weighted by atomic mass is 10.2. The first kappa shape index (κ1) is 9.40. The maximum Gasteiger partial charge on any atom is 0.137 e. The van der Waals surface area contributed by atoms with Crippen molar-refractivity contribution in [1.82, 2.24) is 0 Å². The fourth-order valence-corrected chi connectivity index (χ4v) is 0.962. The molecule has 0 heterocycles. The Labute approximate surface area is 77.2 Å². The van der Waals surface area contributed by atoms with Crippen molar-refractivity contribution in [3.05, 3.63) is 23.8 Å². The molecule has 3 heteroatoms. The molecule has 0 saturated heterocycles. The number of ether oxygens (including phenoxy) is 1. The van der Waals surface area contributed by atoms with Crippen LogP contribution in [0.4, 0.5) is 0 Å². The number of hydrogen-bond acceptors (Lipinski definition) is 3. The number of phenols is 1. The molecule has 1 aromatic carbocycles. The van der Waals surface area contributed by atoms with Crippen molar-refractivity contribution in [3.8, 4) is 17.6 Å². The third-order valence-electron chi connectivity index (χ3n) is 1.45. The van der Waals surface area contributed by atoms with Gasteiger partial charge < -0.3 is 9.84 Å². The monoisotopic (exact) mass is 177 g/mol. The minimum absolute atomic E-state index is 0.0247. The average Bonchev–Trinajstić information content (AvgIpc) is 2.07. The highest BCUT2D eigenvalue weighted by Crippen LogP contribution is 2.23. The Bertz CT molecular complexity index is 339. The molecule has 0 spiro atoms. The molecular weight excluding hydrogens is 166 g/mol. The molecule has 1 rings (SSSR count). The van der Waals surface area contributed by atoms with E-state index in [1.807, 2.05) is 19.9 Å². The second-order valence-corrected chi connectivity index (χ2v) is 2.96. The van der Waals surface area contributed by atoms with Gasteiger partial charge in [-0.15, -0.1) is 0 Å². The molecular formula is C10H11NO2. The van der Waals surface area contributed by atoms with Crippen LogP contribution >= 0.6 is 0 Å². The van der Waals surface area contributed by atoms with Crippen LogP contribution in [0.15, 0.2) is 18.2 Å². The summed E-state index contributed by atoms with van der Waals surface area (Å²) in [6.07, 6.45) is 0.0247. The number of nitriles is 1. The van der Waals surface area contributed by atoms with E-state index in [9.17, 15) is 0 Å². The van der Waals surface area contributed by atoms with Crippen LogP contribution in [0.5, 0.6) is 11.5 Å². The summed E-state index contributed by atoms with van der Waals surface area (Å²) in [5.41, 5.74) is 0.355. The molecule has 0 aliphatic heterocycles. The van der Waals surface area contributed by atoms with Crippen LogP contribution < -0.4 is 4.74 Å². The number of phenolic OH excluding ortho intramolecular Hbond substituents is 1. The molecule has 1 N–H and O–H groups in total. The fraction of sp³-hybridized carbons (Fsp3) is 0.300. The third kappa shape index (κ3) is 2.38. The Morgan fingerprint density at radius 1 is 1.46 bits per heavy atom. The van der Waals surface area contributed by atoms with Gasteiger partial charge in [0.05, 0.1) is 11.7 Å². The van der Waals surface area contributed by atoms with Crippen LogP contribution in [-0.4, -0.2) is 11.2 Å². The quantitative estimate of drug-likeness (QED) is 0.752. The molecule has 0 aliphatic carbocycles. The summed E-state index contributed by atoms with van der Waals surface area (Å²) in [6.45, 7) is 3.77. The van der Waals surface area contributed by atoms with E-state index < -0.39 is 0 Å². The Kier molecular flexibility index (Phi) is 2.76. The van der Waals surface area contributed by atoms with Crippen LogP contribution in [0.25, 0.3) is 0 Å². The molecule has 0 saturated carbocycles. The van der Waals surface area contributed by atoms with Gasteiger partial charge in [-0.3, -0.25) is 0 Å². The number of nitrogens with zero attached hydrogens (tertiary/aromatic N) is 1. The van der Waals surface area contributed by atoms with E-state index in [2.05, 4.69) is 0 Å². The van der Waals surface area contributed by atoms with Crippen molar-refractivity contribution in [3.63, 3.8) is 0 Å². The van der Waals surface area contributed by atoms with Gasteiger partial charge in [0.1, 0.15) is 17.6 Å². The molecule has 3 nitrogen and oxygen atoms in total. The van der Waals surface area contributed by atoms with Crippen LogP contribution in [0, 0.1) is 11.3 Å². The Hall–Kier alpha value is -1.69. The summed E-state index contributed by atoms with van der Waals surface area (Å²) in [5.74, 6) is 0.586. The summed E-state index contributed by atoms with van der Waals surface area (Å²) in [7, 11) is 0. The molecule has 1 aromatic rings. The molecule has 0 radical (unpaired) electrons. The second kappa shape index (κ2) is 3.81. The molecule has 0 atom stereocenters. The molecule has 68 valence electrons. The molecule has 0 aromatic heterocycles. The first-order chi connectivity index (χ1) is 6.13. The summed E-state index contributed by atoms with van der Waals surface area (Å²) < 4.78 is 5.36. The Morgan fingerprint density at radius 2 is 2.15 bits per heavy atom. The Morgan fingerprint density at radius 3 is 2.69 bits per heavy atom. The van der Waals surface area contributed by atoms with Crippen molar-refractivity contribution in [1.29, 1.82) is 5.26 Å². The number of aromatic hydroxyl groups is 1. The zero-order valence-corrected chi connectivity index (χ0v) is 7.61. The summed E-state index contributed by atoms with van der Waals surface area (Å²) in [4.78, 5) is 0. The van der Waals surface area contributed by atoms with Gasteiger partial charge in [0.15, 0.2) is 0 Å². The van der Waals surface area contributed by atoms with Crippen LogP contribution in [-0.2, 0) is 0 Å². The summed E-state index contributed by atoms with van der Waals surface area (Å²) >= 11 is 0. The van der Waals surface area contributed by atoms with Crippen LogP contribution in [0.1, 0.15) is 19.4 Å². The van der Waals surface area contributed by atoms with Gasteiger partial charge in [0, 0.05) is 6.07 Å². The predicted molar refractivity (Wildman–Crippen MR) is 48.6 cm³/mol. The standard InChI is InChI=1S/C10H11NO2/c1-7(2)13-10-4-3-9(12)5-8(10)6-11/h3-5,7,12H,1-2H3. The maximum absolute atomic E-state index is 9.10. The molecule has 0 aliphatic rings. The van der Waals surface area contributed by atoms with E-state index in [1.165, 1.54) is 12.1 Å². The number of benzene rings is 1. The lowest BCUT2D eigenvalue weighted by Gasteiger charge is -2.10. The zero-order chi connectivity index (χ0) is 9.84. The van der Waals surface area contributed by atoms with Crippen molar-refractivity contribution in [2.24, 2.45) is 0 Å². The van der Waals surface area contributed by atoms with Crippen LogP contribution in [0.3, 0.4) is 0 Å². The van der Waals surface area contributed by atoms with Crippen molar-refractivity contribution in [2.45, 2.75) is 20.0 Å². The minimum Gasteiger partial charge on any atom is -0.508 e. The second-order valence-electron chi connectivity index (χ2n) is 2.96. The first-order valence-electron chi connectivity index (χ1n) is 4.03. The smallest absolute Gasteiger partial charge is 0.137 e. The van der Waals surface area contributed by atoms with Crippen molar-refractivity contribution >= 4 is 0 Å². The lowest BCUT2D eigenvalue weighted by Crippen LogP contribution is -2.06. The normalized spacial score (nSPS) is 9.69. The first-order valence-corrected chi connectivity index (χ1v) is 4.03. The van der Waals surface area contributed by atoms with E-state index >= 15 is 0 Å². The van der Waals surface area contributed by atoms with Gasteiger partial charge in [-0.25, -0.2) is 0 Å². The molecule has 0 amide bonds. The molecule has 13 heavy (non-hydrogen) atoms. The van der Waals surface area contributed by atoms with Crippen molar-refractivity contribution in [2.75, 3.05) is 0 Å². The highest BCUT2D eigenvalue weighted by Gasteiger charge is 2.05. The van der Waals surface area contributed by atoms with Gasteiger partial charge in [-0.2, -0.15) is 5.26 Å². The van der Waals surface area contributed by atoms with Gasteiger partial charge in [0.2, 0.25) is 0 Å². The predicted octanol–water partition coefficient (Wildman–Crippen LogP) is 2.05. The van der Waals surface area contributed by atoms with E-state index in [0.717, 1.165) is 0 Å². The average molecular weight is 177 g/mol. The third-order valence-corrected chi connectivity index (χ3v) is 1.45. The SMILES string of the molecule is CC(C)Oc1ccc(O)cc1C#N. The highest BCUT2D eigenvalue weighted by atomic mass is 16.5. The van der Waals surface area contributed by atoms with E-state index in [0.29, 0.717) is 11.3 Å². The number of hydrogen-bond donors (Lipinski definition) is 1. The largest absolute Gasteiger partial charge is 0.508 e. The van der Waals surface area contributed by atoms with E-state index in [4.69, 9.17) is 15.1 Å². The topological polar surface area (TPSA) is 53.2 Å². The summed E-state index contributed by atoms with van der Waals surface area (Å²) in [5, 5.41) is 17.8. The summed E-state index contributed by atoms with van der Waals surface area (Å²) in [6, 6.07) is 6.43. The highest BCUT2D eigenvalue weighted by molar-refractivity contribution is 5.47. The molecule has 0 unspecified atom stereocenters. The zero-order valence-electron chi connectivity index (χ0n) is 7.61. The minimum atomic E-state index is 0.0247. The van der Waals surface area contributed by atoms with Gasteiger partial charge >= 0.3 is 0 Å². The van der Waals surface area contributed by atoms with Gasteiger partial charge in [-0.05, 0) is 26.0 Å².